The number of rotatable bonds is 4. The van der Waals surface area contributed by atoms with Crippen LogP contribution >= 0.6 is 0 Å². The highest BCUT2D eigenvalue weighted by atomic mass is 32.2. The zero-order chi connectivity index (χ0) is 16.5. The van der Waals surface area contributed by atoms with Crippen LogP contribution in [0.1, 0.15) is 5.56 Å². The zero-order valence-electron chi connectivity index (χ0n) is 13.5. The van der Waals surface area contributed by atoms with Crippen molar-refractivity contribution in [3.63, 3.8) is 0 Å². The SMILES string of the molecule is CN(C)C1Cc2ccccc2N(C(=O)CN(C)S(C)(=O)=O)C1. The van der Waals surface area contributed by atoms with Crippen LogP contribution in [0.15, 0.2) is 24.3 Å². The van der Waals surface area contributed by atoms with Crippen LogP contribution in [0.2, 0.25) is 0 Å². The minimum absolute atomic E-state index is 0.146. The van der Waals surface area contributed by atoms with Crippen LogP contribution < -0.4 is 4.90 Å². The van der Waals surface area contributed by atoms with Crippen molar-refractivity contribution in [2.75, 3.05) is 45.4 Å². The van der Waals surface area contributed by atoms with Crippen LogP contribution in [0, 0.1) is 0 Å². The van der Waals surface area contributed by atoms with Crippen molar-refractivity contribution in [3.05, 3.63) is 29.8 Å². The van der Waals surface area contributed by atoms with Crippen LogP contribution in [-0.4, -0.2) is 70.1 Å². The van der Waals surface area contributed by atoms with E-state index in [1.54, 1.807) is 4.90 Å². The zero-order valence-corrected chi connectivity index (χ0v) is 14.3. The molecule has 0 aliphatic carbocycles. The Morgan fingerprint density at radius 3 is 2.50 bits per heavy atom. The third-order valence-electron chi connectivity index (χ3n) is 4.09. The van der Waals surface area contributed by atoms with E-state index in [0.717, 1.165) is 28.2 Å². The number of sulfonamides is 1. The quantitative estimate of drug-likeness (QED) is 0.804. The summed E-state index contributed by atoms with van der Waals surface area (Å²) >= 11 is 0. The third-order valence-corrected chi connectivity index (χ3v) is 5.35. The fourth-order valence-corrected chi connectivity index (χ4v) is 2.89. The van der Waals surface area contributed by atoms with Gasteiger partial charge in [-0.1, -0.05) is 18.2 Å². The number of carbonyl (C=O) groups excluding carboxylic acids is 1. The Hall–Kier alpha value is -1.44. The van der Waals surface area contributed by atoms with Crippen LogP contribution in [0.5, 0.6) is 0 Å². The van der Waals surface area contributed by atoms with Crippen molar-refractivity contribution >= 4 is 21.6 Å². The largest absolute Gasteiger partial charge is 0.309 e. The second-order valence-electron chi connectivity index (χ2n) is 5.97. The van der Waals surface area contributed by atoms with Gasteiger partial charge < -0.3 is 9.80 Å². The molecule has 1 unspecified atom stereocenters. The molecule has 1 atom stereocenters. The van der Waals surface area contributed by atoms with Gasteiger partial charge in [-0.2, -0.15) is 4.31 Å². The van der Waals surface area contributed by atoms with E-state index in [4.69, 9.17) is 0 Å². The molecule has 122 valence electrons. The fourth-order valence-electron chi connectivity index (χ4n) is 2.55. The van der Waals surface area contributed by atoms with Gasteiger partial charge in [0.05, 0.1) is 12.8 Å². The summed E-state index contributed by atoms with van der Waals surface area (Å²) in [7, 11) is 2.03. The minimum Gasteiger partial charge on any atom is -0.309 e. The lowest BCUT2D eigenvalue weighted by Gasteiger charge is -2.38. The highest BCUT2D eigenvalue weighted by molar-refractivity contribution is 7.88. The Morgan fingerprint density at radius 1 is 1.27 bits per heavy atom. The van der Waals surface area contributed by atoms with Gasteiger partial charge in [-0.25, -0.2) is 8.42 Å². The normalized spacial score (nSPS) is 18.6. The predicted molar refractivity (Wildman–Crippen MR) is 87.4 cm³/mol. The van der Waals surface area contributed by atoms with Gasteiger partial charge in [-0.05, 0) is 32.1 Å². The maximum atomic E-state index is 12.6. The van der Waals surface area contributed by atoms with Gasteiger partial charge >= 0.3 is 0 Å². The molecule has 1 heterocycles. The first-order chi connectivity index (χ1) is 10.2. The van der Waals surface area contributed by atoms with Crippen LogP contribution in [0.4, 0.5) is 5.69 Å². The number of hydrogen-bond donors (Lipinski definition) is 0. The van der Waals surface area contributed by atoms with Crippen LogP contribution in [0.25, 0.3) is 0 Å². The first-order valence-electron chi connectivity index (χ1n) is 7.16. The maximum absolute atomic E-state index is 12.6. The van der Waals surface area contributed by atoms with Gasteiger partial charge in [0.15, 0.2) is 0 Å². The van der Waals surface area contributed by atoms with Gasteiger partial charge in [0.25, 0.3) is 0 Å². The predicted octanol–water partition coefficient (Wildman–Crippen LogP) is 0.397. The monoisotopic (exact) mass is 325 g/mol. The molecule has 6 nitrogen and oxygen atoms in total. The lowest BCUT2D eigenvalue weighted by atomic mass is 9.97. The molecule has 0 saturated heterocycles. The van der Waals surface area contributed by atoms with E-state index in [2.05, 4.69) is 4.90 Å². The number of likely N-dealkylation sites (N-methyl/N-ethyl adjacent to an activating group) is 2. The molecule has 1 amide bonds. The molecule has 22 heavy (non-hydrogen) atoms. The molecule has 0 N–H and O–H groups in total. The van der Waals surface area contributed by atoms with Gasteiger partial charge in [-0.3, -0.25) is 4.79 Å². The topological polar surface area (TPSA) is 60.9 Å². The molecule has 1 aliphatic heterocycles. The highest BCUT2D eigenvalue weighted by Crippen LogP contribution is 2.28. The molecule has 0 bridgehead atoms. The van der Waals surface area contributed by atoms with Gasteiger partial charge in [0.2, 0.25) is 15.9 Å². The van der Waals surface area contributed by atoms with Crippen molar-refractivity contribution in [2.45, 2.75) is 12.5 Å². The lowest BCUT2D eigenvalue weighted by molar-refractivity contribution is -0.118. The number of nitrogens with zero attached hydrogens (tertiary/aromatic N) is 3. The van der Waals surface area contributed by atoms with Gasteiger partial charge in [-0.15, -0.1) is 0 Å². The summed E-state index contributed by atoms with van der Waals surface area (Å²) < 4.78 is 24.1. The number of anilines is 1. The Labute approximate surface area is 132 Å². The van der Waals surface area contributed by atoms with Crippen molar-refractivity contribution in [1.82, 2.24) is 9.21 Å². The average molecular weight is 325 g/mol. The van der Waals surface area contributed by atoms with Gasteiger partial charge in [0, 0.05) is 25.3 Å². The molecular formula is C15H23N3O3S. The Morgan fingerprint density at radius 2 is 1.91 bits per heavy atom. The van der Waals surface area contributed by atoms with E-state index < -0.39 is 10.0 Å². The average Bonchev–Trinajstić information content (AvgIpc) is 2.44. The molecule has 1 aromatic carbocycles. The summed E-state index contributed by atoms with van der Waals surface area (Å²) in [6.45, 7) is 0.424. The smallest absolute Gasteiger partial charge is 0.242 e. The van der Waals surface area contributed by atoms with E-state index >= 15 is 0 Å². The van der Waals surface area contributed by atoms with E-state index in [1.807, 2.05) is 38.4 Å². The second kappa shape index (κ2) is 6.36. The molecule has 1 aliphatic rings. The molecule has 2 rings (SSSR count). The van der Waals surface area contributed by atoms with E-state index in [9.17, 15) is 13.2 Å². The third kappa shape index (κ3) is 3.66. The lowest BCUT2D eigenvalue weighted by Crippen LogP contribution is -2.50. The molecule has 0 saturated carbocycles. The Balaban J connectivity index is 2.27. The van der Waals surface area contributed by atoms with Crippen LogP contribution in [-0.2, 0) is 21.2 Å². The Bertz CT molecular complexity index is 658. The van der Waals surface area contributed by atoms with E-state index in [0.29, 0.717) is 6.54 Å². The summed E-state index contributed by atoms with van der Waals surface area (Å²) in [5.74, 6) is -0.202. The molecule has 7 heteroatoms. The first kappa shape index (κ1) is 16.9. The molecule has 0 fully saturated rings. The molecular weight excluding hydrogens is 302 g/mol. The number of fused-ring (bicyclic) bond motifs is 1. The summed E-state index contributed by atoms with van der Waals surface area (Å²) in [5.41, 5.74) is 2.00. The van der Waals surface area contributed by atoms with E-state index in [-0.39, 0.29) is 18.5 Å². The summed E-state index contributed by atoms with van der Waals surface area (Å²) in [4.78, 5) is 16.4. The van der Waals surface area contributed by atoms with Crippen molar-refractivity contribution in [2.24, 2.45) is 0 Å². The van der Waals surface area contributed by atoms with Crippen LogP contribution in [0.3, 0.4) is 0 Å². The molecule has 1 aromatic rings. The fraction of sp³-hybridized carbons (Fsp3) is 0.533. The van der Waals surface area contributed by atoms with E-state index in [1.165, 1.54) is 7.05 Å². The van der Waals surface area contributed by atoms with Crippen molar-refractivity contribution in [1.29, 1.82) is 0 Å². The number of benzene rings is 1. The molecule has 0 aromatic heterocycles. The van der Waals surface area contributed by atoms with Crippen molar-refractivity contribution in [3.8, 4) is 0 Å². The highest BCUT2D eigenvalue weighted by Gasteiger charge is 2.30. The molecule has 0 radical (unpaired) electrons. The molecule has 0 spiro atoms. The van der Waals surface area contributed by atoms with Gasteiger partial charge in [0.1, 0.15) is 0 Å². The second-order valence-corrected chi connectivity index (χ2v) is 8.06. The summed E-state index contributed by atoms with van der Waals surface area (Å²) in [6, 6.07) is 8.02. The number of amides is 1. The number of hydrogen-bond acceptors (Lipinski definition) is 4. The summed E-state index contributed by atoms with van der Waals surface area (Å²) in [5, 5.41) is 0. The Kier molecular flexibility index (Phi) is 4.89. The first-order valence-corrected chi connectivity index (χ1v) is 9.01. The summed E-state index contributed by atoms with van der Waals surface area (Å²) in [6.07, 6.45) is 1.99. The van der Waals surface area contributed by atoms with Crippen molar-refractivity contribution < 1.29 is 13.2 Å². The number of para-hydroxylation sites is 1. The maximum Gasteiger partial charge on any atom is 0.242 e. The standard InChI is InChI=1S/C15H23N3O3S/c1-16(2)13-9-12-7-5-6-8-14(12)18(10-13)15(19)11-17(3)22(4,20)21/h5-8,13H,9-11H2,1-4H3. The minimum atomic E-state index is -3.37. The number of carbonyl (C=O) groups is 1.